The van der Waals surface area contributed by atoms with E-state index in [0.717, 1.165) is 32.1 Å². The van der Waals surface area contributed by atoms with Gasteiger partial charge in [0, 0.05) is 28.7 Å². The van der Waals surface area contributed by atoms with Gasteiger partial charge in [-0.05, 0) is 24.7 Å². The molecule has 1 saturated carbocycles. The average Bonchev–Trinajstić information content (AvgIpc) is 2.86. The largest absolute Gasteiger partial charge is 0.294 e. The summed E-state index contributed by atoms with van der Waals surface area (Å²) in [6, 6.07) is 0. The molecule has 0 unspecified atom stereocenters. The Bertz CT molecular complexity index is 631. The molecule has 1 spiro atoms. The summed E-state index contributed by atoms with van der Waals surface area (Å²) in [6.45, 7) is 4.47. The van der Waals surface area contributed by atoms with Crippen LogP contribution < -0.4 is 0 Å². The Morgan fingerprint density at radius 2 is 1.90 bits per heavy atom. The van der Waals surface area contributed by atoms with Crippen molar-refractivity contribution in [1.29, 1.82) is 0 Å². The normalized spacial score (nSPS) is 26.7. The Kier molecular flexibility index (Phi) is 2.94. The number of carbonyl (C=O) groups is 1. The van der Waals surface area contributed by atoms with Gasteiger partial charge < -0.3 is 0 Å². The smallest absolute Gasteiger partial charge is 0.160 e. The van der Waals surface area contributed by atoms with E-state index >= 15 is 0 Å². The van der Waals surface area contributed by atoms with Crippen molar-refractivity contribution in [3.05, 3.63) is 27.2 Å². The van der Waals surface area contributed by atoms with Crippen molar-refractivity contribution in [1.82, 2.24) is 4.98 Å². The molecule has 3 aliphatic rings. The molecule has 0 atom stereocenters. The quantitative estimate of drug-likeness (QED) is 0.701. The zero-order valence-electron chi connectivity index (χ0n) is 13.0. The predicted molar refractivity (Wildman–Crippen MR) is 85.6 cm³/mol. The fraction of sp³-hybridized carbons (Fsp3) is 0.667. The Balaban J connectivity index is 1.90. The molecule has 0 radical (unpaired) electrons. The number of Topliss-reactive ketones (excluding diaryl/α,β-unsaturated/α-hetero) is 1. The molecule has 3 heteroatoms. The second-order valence-electron chi connectivity index (χ2n) is 7.87. The zero-order valence-corrected chi connectivity index (χ0v) is 13.8. The van der Waals surface area contributed by atoms with Crippen molar-refractivity contribution in [2.45, 2.75) is 70.6 Å². The van der Waals surface area contributed by atoms with Crippen molar-refractivity contribution < 1.29 is 4.79 Å². The molecule has 0 bridgehead atoms. The minimum absolute atomic E-state index is 0.0376. The van der Waals surface area contributed by atoms with E-state index in [1.54, 1.807) is 11.3 Å². The third-order valence-corrected chi connectivity index (χ3v) is 6.68. The van der Waals surface area contributed by atoms with E-state index in [1.165, 1.54) is 41.0 Å². The lowest BCUT2D eigenvalue weighted by Gasteiger charge is -2.46. The molecular formula is C18H23NOS. The molecule has 0 amide bonds. The van der Waals surface area contributed by atoms with Crippen LogP contribution in [0.25, 0.3) is 0 Å². The van der Waals surface area contributed by atoms with E-state index in [1.807, 2.05) is 5.51 Å². The lowest BCUT2D eigenvalue weighted by Crippen LogP contribution is -2.42. The predicted octanol–water partition coefficient (Wildman–Crippen LogP) is 4.59. The van der Waals surface area contributed by atoms with Crippen LogP contribution in [0.3, 0.4) is 0 Å². The van der Waals surface area contributed by atoms with Crippen LogP contribution >= 0.6 is 11.3 Å². The van der Waals surface area contributed by atoms with Crippen LogP contribution in [0.1, 0.15) is 69.4 Å². The van der Waals surface area contributed by atoms with E-state index in [4.69, 9.17) is 0 Å². The molecule has 112 valence electrons. The number of allylic oxidation sites excluding steroid dienone is 2. The third-order valence-electron chi connectivity index (χ3n) is 5.61. The maximum atomic E-state index is 13.0. The first-order valence-electron chi connectivity index (χ1n) is 8.20. The second-order valence-corrected chi connectivity index (χ2v) is 8.72. The highest BCUT2D eigenvalue weighted by Gasteiger charge is 2.49. The van der Waals surface area contributed by atoms with Crippen molar-refractivity contribution in [3.8, 4) is 0 Å². The molecule has 0 saturated heterocycles. The zero-order chi connectivity index (χ0) is 14.7. The summed E-state index contributed by atoms with van der Waals surface area (Å²) < 4.78 is 0. The highest BCUT2D eigenvalue weighted by Crippen LogP contribution is 2.55. The van der Waals surface area contributed by atoms with Gasteiger partial charge >= 0.3 is 0 Å². The van der Waals surface area contributed by atoms with Gasteiger partial charge in [-0.15, -0.1) is 11.3 Å². The number of nitrogens with zero attached hydrogens (tertiary/aromatic N) is 1. The summed E-state index contributed by atoms with van der Waals surface area (Å²) in [7, 11) is 0. The fourth-order valence-corrected chi connectivity index (χ4v) is 6.02. The van der Waals surface area contributed by atoms with Gasteiger partial charge in [0.25, 0.3) is 0 Å². The van der Waals surface area contributed by atoms with Crippen molar-refractivity contribution >= 4 is 17.1 Å². The van der Waals surface area contributed by atoms with Gasteiger partial charge in [-0.2, -0.15) is 0 Å². The van der Waals surface area contributed by atoms with E-state index < -0.39 is 0 Å². The Hall–Kier alpha value is -0.960. The number of aromatic nitrogens is 1. The molecule has 2 nitrogen and oxygen atoms in total. The van der Waals surface area contributed by atoms with Gasteiger partial charge in [0.1, 0.15) is 0 Å². The van der Waals surface area contributed by atoms with Crippen LogP contribution in [-0.4, -0.2) is 10.8 Å². The molecule has 0 aromatic carbocycles. The van der Waals surface area contributed by atoms with Gasteiger partial charge in [-0.3, -0.25) is 4.79 Å². The average molecular weight is 301 g/mol. The first kappa shape index (κ1) is 13.7. The molecule has 1 heterocycles. The lowest BCUT2D eigenvalue weighted by molar-refractivity contribution is -0.119. The van der Waals surface area contributed by atoms with E-state index in [9.17, 15) is 4.79 Å². The summed E-state index contributed by atoms with van der Waals surface area (Å²) in [5.41, 5.74) is 6.06. The van der Waals surface area contributed by atoms with Gasteiger partial charge in [0.05, 0.1) is 11.2 Å². The topological polar surface area (TPSA) is 30.0 Å². The SMILES string of the molecule is CC1(C)CC(=O)C2=C(Cc3ncsc3C23CCCCC3)C1. The molecule has 0 aliphatic heterocycles. The highest BCUT2D eigenvalue weighted by atomic mass is 32.1. The maximum Gasteiger partial charge on any atom is 0.160 e. The highest BCUT2D eigenvalue weighted by molar-refractivity contribution is 7.10. The van der Waals surface area contributed by atoms with Crippen molar-refractivity contribution in [2.75, 3.05) is 0 Å². The van der Waals surface area contributed by atoms with Crippen LogP contribution in [0.5, 0.6) is 0 Å². The molecule has 3 aliphatic carbocycles. The van der Waals surface area contributed by atoms with Crippen molar-refractivity contribution in [3.63, 3.8) is 0 Å². The maximum absolute atomic E-state index is 13.0. The molecule has 0 N–H and O–H groups in total. The molecule has 21 heavy (non-hydrogen) atoms. The molecule has 4 rings (SSSR count). The molecule has 1 aromatic heterocycles. The molecular weight excluding hydrogens is 278 g/mol. The number of carbonyl (C=O) groups excluding carboxylic acids is 1. The summed E-state index contributed by atoms with van der Waals surface area (Å²) in [5, 5.41) is 0. The van der Waals surface area contributed by atoms with E-state index in [0.29, 0.717) is 5.78 Å². The van der Waals surface area contributed by atoms with Gasteiger partial charge in [-0.1, -0.05) is 38.7 Å². The standard InChI is InChI=1S/C18H23NOS/c1-17(2)9-12-8-13-16(21-11-19-13)18(6-4-3-5-7-18)15(12)14(20)10-17/h11H,3-10H2,1-2H3. The Labute approximate surface area is 130 Å². The summed E-state index contributed by atoms with van der Waals surface area (Å²) in [4.78, 5) is 19.0. The molecule has 1 fully saturated rings. The van der Waals surface area contributed by atoms with Crippen LogP contribution in [0, 0.1) is 5.41 Å². The summed E-state index contributed by atoms with van der Waals surface area (Å²) in [5.74, 6) is 0.433. The summed E-state index contributed by atoms with van der Waals surface area (Å²) >= 11 is 1.79. The number of ketones is 1. The van der Waals surface area contributed by atoms with Crippen LogP contribution in [0.2, 0.25) is 0 Å². The fourth-order valence-electron chi connectivity index (χ4n) is 4.94. The monoisotopic (exact) mass is 301 g/mol. The van der Waals surface area contributed by atoms with Crippen molar-refractivity contribution in [2.24, 2.45) is 5.41 Å². The molecule has 1 aromatic rings. The third kappa shape index (κ3) is 1.97. The van der Waals surface area contributed by atoms with E-state index in [-0.39, 0.29) is 10.8 Å². The van der Waals surface area contributed by atoms with Gasteiger partial charge in [0.2, 0.25) is 0 Å². The number of rotatable bonds is 0. The van der Waals surface area contributed by atoms with Crippen LogP contribution in [0.4, 0.5) is 0 Å². The van der Waals surface area contributed by atoms with Crippen LogP contribution in [-0.2, 0) is 16.6 Å². The first-order chi connectivity index (χ1) is 10.0. The number of hydrogen-bond donors (Lipinski definition) is 0. The Morgan fingerprint density at radius 1 is 1.14 bits per heavy atom. The van der Waals surface area contributed by atoms with Gasteiger partial charge in [-0.25, -0.2) is 4.98 Å². The lowest BCUT2D eigenvalue weighted by atomic mass is 9.58. The number of thiazole rings is 1. The van der Waals surface area contributed by atoms with Gasteiger partial charge in [0.15, 0.2) is 5.78 Å². The second kappa shape index (κ2) is 4.52. The number of fused-ring (bicyclic) bond motifs is 3. The number of hydrogen-bond acceptors (Lipinski definition) is 3. The first-order valence-corrected chi connectivity index (χ1v) is 9.08. The minimum Gasteiger partial charge on any atom is -0.294 e. The minimum atomic E-state index is 0.0376. The van der Waals surface area contributed by atoms with E-state index in [2.05, 4.69) is 18.8 Å². The van der Waals surface area contributed by atoms with Crippen LogP contribution in [0.15, 0.2) is 16.7 Å². The Morgan fingerprint density at radius 3 is 2.67 bits per heavy atom. The summed E-state index contributed by atoms with van der Waals surface area (Å²) in [6.07, 6.45) is 8.87.